The van der Waals surface area contributed by atoms with Gasteiger partial charge < -0.3 is 9.84 Å². The molecule has 2 amide bonds. The van der Waals surface area contributed by atoms with E-state index in [1.807, 2.05) is 25.1 Å². The lowest BCUT2D eigenvalue weighted by Crippen LogP contribution is -2.43. The number of amides is 2. The number of phenolic OH excluding ortho intramolecular Hbond substituents is 1. The zero-order valence-electron chi connectivity index (χ0n) is 12.7. The minimum Gasteiger partial charge on any atom is -0.508 e. The summed E-state index contributed by atoms with van der Waals surface area (Å²) in [4.78, 5) is 23.5. The summed E-state index contributed by atoms with van der Waals surface area (Å²) in [5, 5.41) is 9.31. The molecule has 2 aromatic rings. The molecule has 0 saturated carbocycles. The summed E-state index contributed by atoms with van der Waals surface area (Å²) in [7, 11) is 0. The molecular formula is C17H18N2O4. The molecule has 0 bridgehead atoms. The van der Waals surface area contributed by atoms with Crippen LogP contribution in [0.4, 0.5) is 0 Å². The van der Waals surface area contributed by atoms with E-state index in [1.54, 1.807) is 6.07 Å². The van der Waals surface area contributed by atoms with Crippen molar-refractivity contribution in [3.8, 4) is 11.5 Å². The van der Waals surface area contributed by atoms with Crippen LogP contribution < -0.4 is 15.6 Å². The van der Waals surface area contributed by atoms with Gasteiger partial charge in [0.15, 0.2) is 6.61 Å². The summed E-state index contributed by atoms with van der Waals surface area (Å²) >= 11 is 0. The minimum absolute atomic E-state index is 0.0249. The molecule has 0 heterocycles. The van der Waals surface area contributed by atoms with Crippen LogP contribution in [-0.2, 0) is 11.2 Å². The summed E-state index contributed by atoms with van der Waals surface area (Å²) in [6, 6.07) is 13.3. The fourth-order valence-corrected chi connectivity index (χ4v) is 1.89. The largest absolute Gasteiger partial charge is 0.508 e. The van der Waals surface area contributed by atoms with Crippen LogP contribution in [0.5, 0.6) is 11.5 Å². The zero-order valence-corrected chi connectivity index (χ0v) is 12.7. The fourth-order valence-electron chi connectivity index (χ4n) is 1.89. The predicted octanol–water partition coefficient (Wildman–Crippen LogP) is 1.79. The number of carbonyl (C=O) groups is 2. The van der Waals surface area contributed by atoms with Crippen molar-refractivity contribution in [2.75, 3.05) is 6.61 Å². The molecule has 120 valence electrons. The third-order valence-corrected chi connectivity index (χ3v) is 3.10. The number of ether oxygens (including phenoxy) is 1. The van der Waals surface area contributed by atoms with Gasteiger partial charge in [-0.1, -0.05) is 25.1 Å². The van der Waals surface area contributed by atoms with Crippen molar-refractivity contribution in [3.63, 3.8) is 0 Å². The number of phenols is 1. The van der Waals surface area contributed by atoms with Crippen LogP contribution in [0.1, 0.15) is 22.8 Å². The van der Waals surface area contributed by atoms with E-state index in [4.69, 9.17) is 4.74 Å². The molecule has 0 aliphatic rings. The topological polar surface area (TPSA) is 87.7 Å². The van der Waals surface area contributed by atoms with Crippen LogP contribution in [0.2, 0.25) is 0 Å². The van der Waals surface area contributed by atoms with E-state index < -0.39 is 11.8 Å². The first-order valence-electron chi connectivity index (χ1n) is 7.18. The Labute approximate surface area is 134 Å². The number of hydrazine groups is 1. The molecule has 6 heteroatoms. The van der Waals surface area contributed by atoms with Crippen LogP contribution in [-0.4, -0.2) is 23.5 Å². The summed E-state index contributed by atoms with van der Waals surface area (Å²) in [5.74, 6) is -0.440. The van der Waals surface area contributed by atoms with E-state index in [0.717, 1.165) is 12.0 Å². The molecule has 2 rings (SSSR count). The Morgan fingerprint density at radius 3 is 2.61 bits per heavy atom. The number of benzene rings is 2. The van der Waals surface area contributed by atoms with E-state index in [2.05, 4.69) is 10.9 Å². The second kappa shape index (κ2) is 7.84. The molecule has 0 unspecified atom stereocenters. The van der Waals surface area contributed by atoms with Gasteiger partial charge in [0, 0.05) is 5.56 Å². The number of rotatable bonds is 5. The number of nitrogens with one attached hydrogen (secondary N) is 2. The molecule has 0 radical (unpaired) electrons. The highest BCUT2D eigenvalue weighted by atomic mass is 16.5. The first kappa shape index (κ1) is 16.4. The number of carbonyl (C=O) groups excluding carboxylic acids is 2. The standard InChI is InChI=1S/C17H18N2O4/c1-2-12-5-3-8-15(9-12)23-11-16(21)18-19-17(22)13-6-4-7-14(20)10-13/h3-10,20H,2,11H2,1H3,(H,18,21)(H,19,22). The molecule has 0 spiro atoms. The summed E-state index contributed by atoms with van der Waals surface area (Å²) in [6.45, 7) is 1.82. The van der Waals surface area contributed by atoms with Crippen LogP contribution in [0.3, 0.4) is 0 Å². The van der Waals surface area contributed by atoms with Crippen molar-refractivity contribution in [2.24, 2.45) is 0 Å². The van der Waals surface area contributed by atoms with Crippen molar-refractivity contribution < 1.29 is 19.4 Å². The zero-order chi connectivity index (χ0) is 16.7. The molecule has 0 fully saturated rings. The monoisotopic (exact) mass is 314 g/mol. The van der Waals surface area contributed by atoms with Gasteiger partial charge in [0.05, 0.1) is 0 Å². The second-order valence-corrected chi connectivity index (χ2v) is 4.84. The number of hydrogen-bond donors (Lipinski definition) is 3. The molecular weight excluding hydrogens is 296 g/mol. The summed E-state index contributed by atoms with van der Waals surface area (Å²) in [6.07, 6.45) is 0.878. The van der Waals surface area contributed by atoms with E-state index in [1.165, 1.54) is 24.3 Å². The van der Waals surface area contributed by atoms with E-state index in [0.29, 0.717) is 5.75 Å². The van der Waals surface area contributed by atoms with Gasteiger partial charge in [-0.15, -0.1) is 0 Å². The lowest BCUT2D eigenvalue weighted by molar-refractivity contribution is -0.123. The fraction of sp³-hybridized carbons (Fsp3) is 0.176. The van der Waals surface area contributed by atoms with Gasteiger partial charge in [-0.25, -0.2) is 0 Å². The van der Waals surface area contributed by atoms with Crippen molar-refractivity contribution in [3.05, 3.63) is 59.7 Å². The summed E-state index contributed by atoms with van der Waals surface area (Å²) in [5.41, 5.74) is 5.86. The Morgan fingerprint density at radius 2 is 1.87 bits per heavy atom. The number of hydrogen-bond acceptors (Lipinski definition) is 4. The highest BCUT2D eigenvalue weighted by molar-refractivity contribution is 5.95. The van der Waals surface area contributed by atoms with Crippen LogP contribution >= 0.6 is 0 Å². The molecule has 0 atom stereocenters. The van der Waals surface area contributed by atoms with Crippen LogP contribution in [0, 0.1) is 0 Å². The predicted molar refractivity (Wildman–Crippen MR) is 85.0 cm³/mol. The highest BCUT2D eigenvalue weighted by Gasteiger charge is 2.08. The second-order valence-electron chi connectivity index (χ2n) is 4.84. The maximum Gasteiger partial charge on any atom is 0.276 e. The smallest absolute Gasteiger partial charge is 0.276 e. The van der Waals surface area contributed by atoms with Gasteiger partial charge in [0.2, 0.25) is 0 Å². The first-order chi connectivity index (χ1) is 11.1. The Morgan fingerprint density at radius 1 is 1.09 bits per heavy atom. The van der Waals surface area contributed by atoms with Crippen molar-refractivity contribution >= 4 is 11.8 Å². The molecule has 0 aliphatic carbocycles. The van der Waals surface area contributed by atoms with Gasteiger partial charge in [-0.05, 0) is 42.3 Å². The van der Waals surface area contributed by atoms with E-state index in [9.17, 15) is 14.7 Å². The molecule has 2 aromatic carbocycles. The van der Waals surface area contributed by atoms with Crippen molar-refractivity contribution in [1.29, 1.82) is 0 Å². The first-order valence-corrected chi connectivity index (χ1v) is 7.18. The lowest BCUT2D eigenvalue weighted by atomic mass is 10.2. The molecule has 6 nitrogen and oxygen atoms in total. The Kier molecular flexibility index (Phi) is 5.57. The maximum atomic E-state index is 11.8. The van der Waals surface area contributed by atoms with Gasteiger partial charge in [0.1, 0.15) is 11.5 Å². The normalized spacial score (nSPS) is 9.96. The van der Waals surface area contributed by atoms with Crippen LogP contribution in [0.15, 0.2) is 48.5 Å². The Hall–Kier alpha value is -3.02. The lowest BCUT2D eigenvalue weighted by Gasteiger charge is -2.09. The minimum atomic E-state index is -0.526. The molecule has 23 heavy (non-hydrogen) atoms. The SMILES string of the molecule is CCc1cccc(OCC(=O)NNC(=O)c2cccc(O)c2)c1. The molecule has 0 saturated heterocycles. The molecule has 3 N–H and O–H groups in total. The van der Waals surface area contributed by atoms with Gasteiger partial charge in [-0.2, -0.15) is 0 Å². The van der Waals surface area contributed by atoms with E-state index in [-0.39, 0.29) is 17.9 Å². The van der Waals surface area contributed by atoms with Gasteiger partial charge >= 0.3 is 0 Å². The summed E-state index contributed by atoms with van der Waals surface area (Å²) < 4.78 is 5.36. The van der Waals surface area contributed by atoms with Crippen LogP contribution in [0.25, 0.3) is 0 Å². The van der Waals surface area contributed by atoms with Gasteiger partial charge in [-0.3, -0.25) is 20.4 Å². The number of aromatic hydroxyl groups is 1. The van der Waals surface area contributed by atoms with Gasteiger partial charge in [0.25, 0.3) is 11.8 Å². The third kappa shape index (κ3) is 5.03. The average molecular weight is 314 g/mol. The molecule has 0 aromatic heterocycles. The van der Waals surface area contributed by atoms with Crippen molar-refractivity contribution in [1.82, 2.24) is 10.9 Å². The third-order valence-electron chi connectivity index (χ3n) is 3.10. The quantitative estimate of drug-likeness (QED) is 0.734. The van der Waals surface area contributed by atoms with Crippen molar-refractivity contribution in [2.45, 2.75) is 13.3 Å². The maximum absolute atomic E-state index is 11.8. The highest BCUT2D eigenvalue weighted by Crippen LogP contribution is 2.13. The Balaban J connectivity index is 1.79. The Bertz CT molecular complexity index is 700. The molecule has 0 aliphatic heterocycles. The average Bonchev–Trinajstić information content (AvgIpc) is 2.58. The number of aryl methyl sites for hydroxylation is 1. The van der Waals surface area contributed by atoms with E-state index >= 15 is 0 Å².